The lowest BCUT2D eigenvalue weighted by Gasteiger charge is -2.32. The second-order valence-electron chi connectivity index (χ2n) is 7.51. The zero-order valence-corrected chi connectivity index (χ0v) is 14.2. The highest BCUT2D eigenvalue weighted by Crippen LogP contribution is 2.35. The van der Waals surface area contributed by atoms with Crippen LogP contribution in [0.25, 0.3) is 0 Å². The predicted octanol–water partition coefficient (Wildman–Crippen LogP) is 4.10. The number of hydrogen-bond donors (Lipinski definition) is 1. The van der Waals surface area contributed by atoms with Crippen molar-refractivity contribution in [1.29, 1.82) is 0 Å². The van der Waals surface area contributed by atoms with Crippen molar-refractivity contribution in [3.8, 4) is 0 Å². The normalized spacial score (nSPS) is 22.8. The quantitative estimate of drug-likeness (QED) is 0.897. The van der Waals surface area contributed by atoms with E-state index in [2.05, 4.69) is 68.4 Å². The minimum atomic E-state index is 0.446. The van der Waals surface area contributed by atoms with Gasteiger partial charge in [-0.1, -0.05) is 51.1 Å². The predicted molar refractivity (Wildman–Crippen MR) is 91.5 cm³/mol. The molecule has 0 radical (unpaired) electrons. The molecule has 2 rings (SSSR count). The summed E-state index contributed by atoms with van der Waals surface area (Å²) in [4.78, 5) is 2.69. The molecule has 1 aromatic carbocycles. The summed E-state index contributed by atoms with van der Waals surface area (Å²) in [5.41, 5.74) is 1.89. The molecule has 1 aromatic rings. The first-order chi connectivity index (χ1) is 10.0. The van der Waals surface area contributed by atoms with Crippen LogP contribution in [-0.2, 0) is 0 Å². The van der Waals surface area contributed by atoms with Gasteiger partial charge in [-0.3, -0.25) is 4.90 Å². The lowest BCUT2D eigenvalue weighted by molar-refractivity contribution is 0.181. The van der Waals surface area contributed by atoms with E-state index in [4.69, 9.17) is 0 Å². The largest absolute Gasteiger partial charge is 0.318 e. The van der Waals surface area contributed by atoms with E-state index in [9.17, 15) is 0 Å². The van der Waals surface area contributed by atoms with E-state index < -0.39 is 0 Å². The molecule has 1 N–H and O–H groups in total. The fourth-order valence-corrected chi connectivity index (χ4v) is 3.62. The number of likely N-dealkylation sites (N-methyl/N-ethyl adjacent to an activating group) is 1. The zero-order chi connectivity index (χ0) is 15.3. The van der Waals surface area contributed by atoms with Crippen LogP contribution in [-0.4, -0.2) is 31.6 Å². The molecule has 1 aliphatic heterocycles. The van der Waals surface area contributed by atoms with Crippen LogP contribution in [0.2, 0.25) is 0 Å². The van der Waals surface area contributed by atoms with Gasteiger partial charge in [0, 0.05) is 12.6 Å². The van der Waals surface area contributed by atoms with Crippen LogP contribution in [0.4, 0.5) is 0 Å². The molecule has 1 heterocycles. The zero-order valence-electron chi connectivity index (χ0n) is 14.2. The van der Waals surface area contributed by atoms with E-state index in [1.807, 2.05) is 0 Å². The summed E-state index contributed by atoms with van der Waals surface area (Å²) < 4.78 is 0. The summed E-state index contributed by atoms with van der Waals surface area (Å²) in [6.45, 7) is 10.7. The molecule has 21 heavy (non-hydrogen) atoms. The second-order valence-corrected chi connectivity index (χ2v) is 7.51. The molecule has 2 atom stereocenters. The van der Waals surface area contributed by atoms with Gasteiger partial charge in [-0.15, -0.1) is 0 Å². The Labute approximate surface area is 130 Å². The molecule has 2 heteroatoms. The third kappa shape index (κ3) is 4.55. The average molecular weight is 288 g/mol. The number of hydrogen-bond acceptors (Lipinski definition) is 2. The van der Waals surface area contributed by atoms with Crippen molar-refractivity contribution in [3.63, 3.8) is 0 Å². The highest BCUT2D eigenvalue weighted by atomic mass is 15.2. The highest BCUT2D eigenvalue weighted by molar-refractivity contribution is 5.19. The molecular formula is C19H32N2. The van der Waals surface area contributed by atoms with Crippen LogP contribution in [0.5, 0.6) is 0 Å². The summed E-state index contributed by atoms with van der Waals surface area (Å²) in [6.07, 6.45) is 4.03. The third-order valence-corrected chi connectivity index (χ3v) is 5.01. The van der Waals surface area contributed by atoms with Gasteiger partial charge >= 0.3 is 0 Å². The maximum absolute atomic E-state index is 3.38. The van der Waals surface area contributed by atoms with Gasteiger partial charge in [0.05, 0.1) is 0 Å². The first-order valence-electron chi connectivity index (χ1n) is 8.46. The molecule has 0 bridgehead atoms. The Morgan fingerprint density at radius 2 is 1.86 bits per heavy atom. The van der Waals surface area contributed by atoms with Gasteiger partial charge < -0.3 is 5.32 Å². The van der Waals surface area contributed by atoms with Crippen molar-refractivity contribution in [2.45, 2.75) is 46.1 Å². The summed E-state index contributed by atoms with van der Waals surface area (Å²) in [5.74, 6) is 0.855. The number of likely N-dealkylation sites (tertiary alicyclic amines) is 1. The highest BCUT2D eigenvalue weighted by Gasteiger charge is 2.29. The molecule has 1 aliphatic rings. The Balaban J connectivity index is 2.08. The second kappa shape index (κ2) is 7.42. The van der Waals surface area contributed by atoms with Crippen LogP contribution >= 0.6 is 0 Å². The standard InChI is InChI=1S/C19H32N2/c1-19(2,3)17-11-8-13-21(14-12-17)18(15-20-4)16-9-6-5-7-10-16/h5-7,9-10,17-18,20H,8,11-15H2,1-4H3. The van der Waals surface area contributed by atoms with Gasteiger partial charge in [-0.05, 0) is 56.3 Å². The Morgan fingerprint density at radius 3 is 2.48 bits per heavy atom. The van der Waals surface area contributed by atoms with E-state index in [0.29, 0.717) is 11.5 Å². The van der Waals surface area contributed by atoms with Crippen molar-refractivity contribution < 1.29 is 0 Å². The van der Waals surface area contributed by atoms with Gasteiger partial charge in [-0.25, -0.2) is 0 Å². The Bertz CT molecular complexity index is 407. The maximum Gasteiger partial charge on any atom is 0.0472 e. The summed E-state index contributed by atoms with van der Waals surface area (Å²) >= 11 is 0. The number of nitrogens with one attached hydrogen (secondary N) is 1. The fraction of sp³-hybridized carbons (Fsp3) is 0.684. The van der Waals surface area contributed by atoms with Crippen molar-refractivity contribution >= 4 is 0 Å². The van der Waals surface area contributed by atoms with E-state index >= 15 is 0 Å². The molecule has 0 saturated carbocycles. The topological polar surface area (TPSA) is 15.3 Å². The van der Waals surface area contributed by atoms with E-state index in [1.54, 1.807) is 0 Å². The van der Waals surface area contributed by atoms with Crippen molar-refractivity contribution in [1.82, 2.24) is 10.2 Å². The van der Waals surface area contributed by atoms with E-state index in [0.717, 1.165) is 12.5 Å². The van der Waals surface area contributed by atoms with Gasteiger partial charge in [0.15, 0.2) is 0 Å². The summed E-state index contributed by atoms with van der Waals surface area (Å²) in [6, 6.07) is 11.5. The molecule has 0 spiro atoms. The van der Waals surface area contributed by atoms with Crippen LogP contribution in [0.15, 0.2) is 30.3 Å². The first-order valence-corrected chi connectivity index (χ1v) is 8.46. The molecule has 2 unspecified atom stereocenters. The molecule has 118 valence electrons. The maximum atomic E-state index is 3.38. The van der Waals surface area contributed by atoms with Crippen LogP contribution in [0, 0.1) is 11.3 Å². The summed E-state index contributed by atoms with van der Waals surface area (Å²) in [7, 11) is 2.06. The third-order valence-electron chi connectivity index (χ3n) is 5.01. The molecule has 1 fully saturated rings. The first kappa shape index (κ1) is 16.5. The van der Waals surface area contributed by atoms with Crippen LogP contribution in [0.3, 0.4) is 0 Å². The molecule has 0 amide bonds. The fourth-order valence-electron chi connectivity index (χ4n) is 3.62. The van der Waals surface area contributed by atoms with Crippen LogP contribution < -0.4 is 5.32 Å². The molecular weight excluding hydrogens is 256 g/mol. The lowest BCUT2D eigenvalue weighted by atomic mass is 9.77. The van der Waals surface area contributed by atoms with E-state index in [-0.39, 0.29) is 0 Å². The van der Waals surface area contributed by atoms with Crippen molar-refractivity contribution in [2.24, 2.45) is 11.3 Å². The van der Waals surface area contributed by atoms with Crippen LogP contribution in [0.1, 0.15) is 51.6 Å². The Kier molecular flexibility index (Phi) is 5.83. The van der Waals surface area contributed by atoms with Crippen molar-refractivity contribution in [3.05, 3.63) is 35.9 Å². The minimum absolute atomic E-state index is 0.446. The molecule has 1 saturated heterocycles. The SMILES string of the molecule is CNCC(c1ccccc1)N1CCCC(C(C)(C)C)CC1. The molecule has 0 aromatic heterocycles. The van der Waals surface area contributed by atoms with E-state index in [1.165, 1.54) is 37.9 Å². The average Bonchev–Trinajstić information content (AvgIpc) is 2.71. The van der Waals surface area contributed by atoms with Gasteiger partial charge in [0.2, 0.25) is 0 Å². The van der Waals surface area contributed by atoms with Gasteiger partial charge in [0.1, 0.15) is 0 Å². The number of benzene rings is 1. The van der Waals surface area contributed by atoms with Gasteiger partial charge in [0.25, 0.3) is 0 Å². The Morgan fingerprint density at radius 1 is 1.14 bits per heavy atom. The van der Waals surface area contributed by atoms with Crippen molar-refractivity contribution in [2.75, 3.05) is 26.7 Å². The lowest BCUT2D eigenvalue weighted by Crippen LogP contribution is -2.36. The number of nitrogens with zero attached hydrogens (tertiary/aromatic N) is 1. The van der Waals surface area contributed by atoms with Gasteiger partial charge in [-0.2, -0.15) is 0 Å². The molecule has 0 aliphatic carbocycles. The Hall–Kier alpha value is -0.860. The number of rotatable bonds is 4. The minimum Gasteiger partial charge on any atom is -0.318 e. The monoisotopic (exact) mass is 288 g/mol. The smallest absolute Gasteiger partial charge is 0.0472 e. The summed E-state index contributed by atoms with van der Waals surface area (Å²) in [5, 5.41) is 3.38. The molecule has 2 nitrogen and oxygen atoms in total.